The van der Waals surface area contributed by atoms with E-state index in [9.17, 15) is 4.39 Å². The van der Waals surface area contributed by atoms with Crippen molar-refractivity contribution in [3.05, 3.63) is 29.6 Å². The highest BCUT2D eigenvalue weighted by Crippen LogP contribution is 2.20. The van der Waals surface area contributed by atoms with Crippen molar-refractivity contribution in [2.24, 2.45) is 0 Å². The molecular weight excluding hydrogens is 193 g/mol. The molecule has 0 spiro atoms. The Hall–Kier alpha value is -1.09. The maximum Gasteiger partial charge on any atom is 0.165 e. The average Bonchev–Trinajstić information content (AvgIpc) is 2.22. The third-order valence-electron chi connectivity index (χ3n) is 2.56. The van der Waals surface area contributed by atoms with Crippen LogP contribution in [0, 0.1) is 12.7 Å². The summed E-state index contributed by atoms with van der Waals surface area (Å²) in [5.74, 6) is 0.0142. The van der Waals surface area contributed by atoms with Crippen molar-refractivity contribution in [2.45, 2.75) is 32.9 Å². The van der Waals surface area contributed by atoms with Gasteiger partial charge in [-0.05, 0) is 45.5 Å². The van der Waals surface area contributed by atoms with Crippen LogP contribution < -0.4 is 10.1 Å². The first-order chi connectivity index (χ1) is 7.04. The number of ether oxygens (including phenoxy) is 1. The van der Waals surface area contributed by atoms with Crippen molar-refractivity contribution >= 4 is 0 Å². The van der Waals surface area contributed by atoms with Crippen LogP contribution in [0.25, 0.3) is 0 Å². The largest absolute Gasteiger partial charge is 0.486 e. The van der Waals surface area contributed by atoms with E-state index in [1.807, 2.05) is 27.8 Å². The highest BCUT2D eigenvalue weighted by Gasteiger charge is 2.13. The van der Waals surface area contributed by atoms with Gasteiger partial charge in [0.1, 0.15) is 6.10 Å². The zero-order valence-electron chi connectivity index (χ0n) is 9.67. The molecular formula is C12H18FNO. The Kier molecular flexibility index (Phi) is 4.09. The van der Waals surface area contributed by atoms with E-state index in [1.165, 1.54) is 6.07 Å². The van der Waals surface area contributed by atoms with Crippen LogP contribution >= 0.6 is 0 Å². The average molecular weight is 211 g/mol. The van der Waals surface area contributed by atoms with E-state index >= 15 is 0 Å². The van der Waals surface area contributed by atoms with Crippen LogP contribution in [0.2, 0.25) is 0 Å². The summed E-state index contributed by atoms with van der Waals surface area (Å²) in [6, 6.07) is 5.06. The third-order valence-corrected chi connectivity index (χ3v) is 2.56. The van der Waals surface area contributed by atoms with Crippen LogP contribution in [0.4, 0.5) is 4.39 Å². The molecule has 15 heavy (non-hydrogen) atoms. The first-order valence-electron chi connectivity index (χ1n) is 5.14. The van der Waals surface area contributed by atoms with Crippen molar-refractivity contribution in [1.29, 1.82) is 0 Å². The van der Waals surface area contributed by atoms with E-state index < -0.39 is 0 Å². The molecule has 1 aromatic rings. The molecule has 0 amide bonds. The fourth-order valence-electron chi connectivity index (χ4n) is 1.24. The SMILES string of the molecule is CNC(C)C(C)Oc1cc(C)ccc1F. The van der Waals surface area contributed by atoms with Crippen LogP contribution in [0.3, 0.4) is 0 Å². The molecule has 0 heterocycles. The molecule has 84 valence electrons. The summed E-state index contributed by atoms with van der Waals surface area (Å²) in [6.45, 7) is 5.83. The van der Waals surface area contributed by atoms with Gasteiger partial charge in [0, 0.05) is 6.04 Å². The maximum absolute atomic E-state index is 13.4. The van der Waals surface area contributed by atoms with Crippen LogP contribution in [-0.2, 0) is 0 Å². The Labute approximate surface area is 90.4 Å². The normalized spacial score (nSPS) is 14.7. The standard InChI is InChI=1S/C12H18FNO/c1-8-5-6-11(13)12(7-8)15-10(3)9(2)14-4/h5-7,9-10,14H,1-4H3. The monoisotopic (exact) mass is 211 g/mol. The molecule has 1 aromatic carbocycles. The highest BCUT2D eigenvalue weighted by atomic mass is 19.1. The molecule has 0 aromatic heterocycles. The zero-order valence-corrected chi connectivity index (χ0v) is 9.67. The van der Waals surface area contributed by atoms with Gasteiger partial charge in [0.15, 0.2) is 11.6 Å². The molecule has 0 aliphatic rings. The van der Waals surface area contributed by atoms with E-state index in [2.05, 4.69) is 5.32 Å². The number of rotatable bonds is 4. The molecule has 0 saturated carbocycles. The molecule has 0 bridgehead atoms. The molecule has 0 aliphatic heterocycles. The lowest BCUT2D eigenvalue weighted by molar-refractivity contribution is 0.175. The number of benzene rings is 1. The van der Waals surface area contributed by atoms with Gasteiger partial charge in [-0.15, -0.1) is 0 Å². The minimum Gasteiger partial charge on any atom is -0.486 e. The van der Waals surface area contributed by atoms with E-state index in [4.69, 9.17) is 4.74 Å². The number of likely N-dealkylation sites (N-methyl/N-ethyl adjacent to an activating group) is 1. The Morgan fingerprint density at radius 3 is 2.60 bits per heavy atom. The van der Waals surface area contributed by atoms with Crippen LogP contribution in [-0.4, -0.2) is 19.2 Å². The molecule has 1 rings (SSSR count). The Bertz CT molecular complexity index is 327. The lowest BCUT2D eigenvalue weighted by Gasteiger charge is -2.21. The smallest absolute Gasteiger partial charge is 0.165 e. The Morgan fingerprint density at radius 1 is 1.33 bits per heavy atom. The van der Waals surface area contributed by atoms with Gasteiger partial charge >= 0.3 is 0 Å². The molecule has 0 radical (unpaired) electrons. The summed E-state index contributed by atoms with van der Waals surface area (Å²) in [4.78, 5) is 0. The minimum atomic E-state index is -0.309. The van der Waals surface area contributed by atoms with E-state index in [-0.39, 0.29) is 18.0 Å². The summed E-state index contributed by atoms with van der Waals surface area (Å²) >= 11 is 0. The molecule has 3 heteroatoms. The fourth-order valence-corrected chi connectivity index (χ4v) is 1.24. The van der Waals surface area contributed by atoms with E-state index in [0.717, 1.165) is 5.56 Å². The van der Waals surface area contributed by atoms with E-state index in [1.54, 1.807) is 12.1 Å². The van der Waals surface area contributed by atoms with Gasteiger partial charge in [0.05, 0.1) is 0 Å². The first kappa shape index (κ1) is 12.0. The summed E-state index contributed by atoms with van der Waals surface area (Å²) < 4.78 is 18.9. The second-order valence-electron chi connectivity index (χ2n) is 3.83. The van der Waals surface area contributed by atoms with Crippen LogP contribution in [0.15, 0.2) is 18.2 Å². The second kappa shape index (κ2) is 5.12. The number of hydrogen-bond donors (Lipinski definition) is 1. The van der Waals surface area contributed by atoms with Gasteiger partial charge < -0.3 is 10.1 Å². The third kappa shape index (κ3) is 3.20. The van der Waals surface area contributed by atoms with Crippen molar-refractivity contribution in [2.75, 3.05) is 7.05 Å². The highest BCUT2D eigenvalue weighted by molar-refractivity contribution is 5.29. The van der Waals surface area contributed by atoms with Gasteiger partial charge in [-0.2, -0.15) is 0 Å². The number of hydrogen-bond acceptors (Lipinski definition) is 2. The molecule has 0 saturated heterocycles. The van der Waals surface area contributed by atoms with Crippen LogP contribution in [0.5, 0.6) is 5.75 Å². The topological polar surface area (TPSA) is 21.3 Å². The lowest BCUT2D eigenvalue weighted by Crippen LogP contribution is -2.36. The Morgan fingerprint density at radius 2 is 2.00 bits per heavy atom. The van der Waals surface area contributed by atoms with Gasteiger partial charge in [-0.1, -0.05) is 6.07 Å². The predicted molar refractivity (Wildman–Crippen MR) is 59.7 cm³/mol. The quantitative estimate of drug-likeness (QED) is 0.826. The van der Waals surface area contributed by atoms with Crippen molar-refractivity contribution in [1.82, 2.24) is 5.32 Å². The van der Waals surface area contributed by atoms with Crippen LogP contribution in [0.1, 0.15) is 19.4 Å². The van der Waals surface area contributed by atoms with Gasteiger partial charge in [0.25, 0.3) is 0 Å². The van der Waals surface area contributed by atoms with Crippen molar-refractivity contribution in [3.8, 4) is 5.75 Å². The number of nitrogens with one attached hydrogen (secondary N) is 1. The summed E-state index contributed by atoms with van der Waals surface area (Å²) in [6.07, 6.45) is -0.0636. The summed E-state index contributed by atoms with van der Waals surface area (Å²) in [7, 11) is 1.86. The fraction of sp³-hybridized carbons (Fsp3) is 0.500. The Balaban J connectivity index is 2.75. The first-order valence-corrected chi connectivity index (χ1v) is 5.14. The van der Waals surface area contributed by atoms with Gasteiger partial charge in [0.2, 0.25) is 0 Å². The second-order valence-corrected chi connectivity index (χ2v) is 3.83. The molecule has 0 fully saturated rings. The number of halogens is 1. The predicted octanol–water partition coefficient (Wildman–Crippen LogP) is 2.51. The molecule has 2 atom stereocenters. The molecule has 2 unspecified atom stereocenters. The molecule has 1 N–H and O–H groups in total. The molecule has 2 nitrogen and oxygen atoms in total. The summed E-state index contributed by atoms with van der Waals surface area (Å²) in [5.41, 5.74) is 0.996. The van der Waals surface area contributed by atoms with E-state index in [0.29, 0.717) is 5.75 Å². The van der Waals surface area contributed by atoms with Crippen molar-refractivity contribution in [3.63, 3.8) is 0 Å². The van der Waals surface area contributed by atoms with Gasteiger partial charge in [-0.25, -0.2) is 4.39 Å². The molecule has 0 aliphatic carbocycles. The summed E-state index contributed by atoms with van der Waals surface area (Å²) in [5, 5.41) is 3.07. The lowest BCUT2D eigenvalue weighted by atomic mass is 10.2. The van der Waals surface area contributed by atoms with Crippen molar-refractivity contribution < 1.29 is 9.13 Å². The number of aryl methyl sites for hydroxylation is 1. The minimum absolute atomic E-state index is 0.0636. The van der Waals surface area contributed by atoms with Gasteiger partial charge in [-0.3, -0.25) is 0 Å². The zero-order chi connectivity index (χ0) is 11.4. The maximum atomic E-state index is 13.4.